The molecule has 0 saturated carbocycles. The van der Waals surface area contributed by atoms with E-state index in [1.807, 2.05) is 146 Å². The van der Waals surface area contributed by atoms with Crippen LogP contribution in [-0.4, -0.2) is 90.1 Å². The van der Waals surface area contributed by atoms with Gasteiger partial charge in [0.1, 0.15) is 48.8 Å². The van der Waals surface area contributed by atoms with Gasteiger partial charge in [-0.25, -0.2) is 0 Å². The lowest BCUT2D eigenvalue weighted by atomic mass is 9.96. The van der Waals surface area contributed by atoms with Gasteiger partial charge in [-0.15, -0.1) is 0 Å². The fourth-order valence-corrected chi connectivity index (χ4v) is 12.5. The van der Waals surface area contributed by atoms with E-state index < -0.39 is 69.7 Å². The van der Waals surface area contributed by atoms with Crippen LogP contribution in [0, 0.1) is 0 Å². The van der Waals surface area contributed by atoms with Gasteiger partial charge in [-0.2, -0.15) is 0 Å². The summed E-state index contributed by atoms with van der Waals surface area (Å²) in [5, 5.41) is 0. The molecule has 388 valence electrons. The summed E-state index contributed by atoms with van der Waals surface area (Å²) in [4.78, 5) is 0. The molecule has 12 heteroatoms. The molecule has 10 atom stereocenters. The van der Waals surface area contributed by atoms with Crippen molar-refractivity contribution in [2.45, 2.75) is 140 Å². The Morgan fingerprint density at radius 1 is 0.356 bits per heavy atom. The van der Waals surface area contributed by atoms with Crippen LogP contribution in [-0.2, 0) is 91.4 Å². The molecule has 0 amide bonds. The standard InChI is InChI=1S/C61H74O11Si/c1-5-73(6-2,7-3)72-55-53(45-64-39-47-28-16-9-17-29-47)70-61(59(68-43-51-36-24-13-25-37-51)57(55)66-41-49-32-20-11-21-33-49)71-54-52(44-63-38-46-26-14-8-15-27-46)69-60(62-4)58(67-42-50-34-22-12-23-35-50)56(54)65-40-48-30-18-10-19-31-48/h8-37,52-61H,5-7,38-45H2,1-4H3/t52-,53-,54-,55-,56+,57+,58-,59-,60+,61?/m1/s1. The fraction of sp³-hybridized carbons (Fsp3) is 0.410. The number of ether oxygens (including phenoxy) is 10. The van der Waals surface area contributed by atoms with Gasteiger partial charge >= 0.3 is 0 Å². The van der Waals surface area contributed by atoms with Gasteiger partial charge in [0.25, 0.3) is 0 Å². The summed E-state index contributed by atoms with van der Waals surface area (Å²) >= 11 is 0. The number of rotatable bonds is 28. The molecule has 0 spiro atoms. The number of methoxy groups -OCH3 is 1. The van der Waals surface area contributed by atoms with Crippen LogP contribution in [0.2, 0.25) is 18.1 Å². The van der Waals surface area contributed by atoms with Crippen molar-refractivity contribution in [3.05, 3.63) is 215 Å². The van der Waals surface area contributed by atoms with Crippen molar-refractivity contribution < 1.29 is 51.8 Å². The minimum absolute atomic E-state index is 0.138. The summed E-state index contributed by atoms with van der Waals surface area (Å²) in [5.74, 6) is 0. The second-order valence-electron chi connectivity index (χ2n) is 18.8. The molecular formula is C61H74O11Si. The van der Waals surface area contributed by atoms with Gasteiger partial charge in [0.2, 0.25) is 0 Å². The molecule has 0 radical (unpaired) electrons. The highest BCUT2D eigenvalue weighted by Gasteiger charge is 2.55. The van der Waals surface area contributed by atoms with Gasteiger partial charge in [-0.1, -0.05) is 203 Å². The molecule has 6 aromatic carbocycles. The van der Waals surface area contributed by atoms with Crippen molar-refractivity contribution >= 4 is 8.32 Å². The highest BCUT2D eigenvalue weighted by Crippen LogP contribution is 2.38. The smallest absolute Gasteiger partial charge is 0.192 e. The summed E-state index contributed by atoms with van der Waals surface area (Å²) in [5.41, 5.74) is 6.06. The first-order chi connectivity index (χ1) is 36.0. The lowest BCUT2D eigenvalue weighted by Gasteiger charge is -2.51. The fourth-order valence-electron chi connectivity index (χ4n) is 9.61. The monoisotopic (exact) mass is 1010 g/mol. The molecule has 11 nitrogen and oxygen atoms in total. The Bertz CT molecular complexity index is 2390. The van der Waals surface area contributed by atoms with Gasteiger partial charge in [0.05, 0.1) is 52.9 Å². The van der Waals surface area contributed by atoms with Crippen LogP contribution in [0.15, 0.2) is 182 Å². The molecule has 0 aliphatic carbocycles. The van der Waals surface area contributed by atoms with E-state index in [4.69, 9.17) is 51.8 Å². The predicted molar refractivity (Wildman–Crippen MR) is 284 cm³/mol. The van der Waals surface area contributed by atoms with Crippen molar-refractivity contribution in [2.24, 2.45) is 0 Å². The van der Waals surface area contributed by atoms with E-state index in [2.05, 4.69) is 57.2 Å². The molecule has 2 aliphatic heterocycles. The van der Waals surface area contributed by atoms with E-state index in [0.717, 1.165) is 51.5 Å². The SMILES string of the molecule is CC[Si](CC)(CC)O[C@H]1[C@H](OCc2ccccc2)[C@@H](OCc2ccccc2)C(O[C@H]2[C@H](OCc3ccccc3)[C@@H](OCc3ccccc3)[C@@H](OC)O[C@@H]2COCc2ccccc2)O[C@@H]1COCc1ccccc1. The molecule has 2 aliphatic rings. The zero-order valence-corrected chi connectivity index (χ0v) is 43.9. The molecule has 6 aromatic rings. The molecule has 8 rings (SSSR count). The first-order valence-corrected chi connectivity index (χ1v) is 28.5. The highest BCUT2D eigenvalue weighted by molar-refractivity contribution is 6.73. The summed E-state index contributed by atoms with van der Waals surface area (Å²) in [7, 11) is -0.721. The third kappa shape index (κ3) is 15.6. The molecule has 0 aromatic heterocycles. The average Bonchev–Trinajstić information content (AvgIpc) is 3.45. The largest absolute Gasteiger partial charge is 0.408 e. The minimum Gasteiger partial charge on any atom is -0.408 e. The minimum atomic E-state index is -2.35. The summed E-state index contributed by atoms with van der Waals surface area (Å²) < 4.78 is 77.1. The lowest BCUT2D eigenvalue weighted by molar-refractivity contribution is -0.372. The topological polar surface area (TPSA) is 102 Å². The predicted octanol–water partition coefficient (Wildman–Crippen LogP) is 11.6. The maximum Gasteiger partial charge on any atom is 0.192 e. The van der Waals surface area contributed by atoms with Crippen molar-refractivity contribution in [3.63, 3.8) is 0 Å². The maximum absolute atomic E-state index is 7.58. The van der Waals surface area contributed by atoms with E-state index in [1.165, 1.54) is 0 Å². The van der Waals surface area contributed by atoms with Gasteiger partial charge in [-0.3, -0.25) is 0 Å². The zero-order valence-electron chi connectivity index (χ0n) is 42.9. The van der Waals surface area contributed by atoms with Crippen LogP contribution in [0.3, 0.4) is 0 Å². The van der Waals surface area contributed by atoms with E-state index in [-0.39, 0.29) is 33.0 Å². The first-order valence-electron chi connectivity index (χ1n) is 26.0. The molecule has 2 heterocycles. The lowest BCUT2D eigenvalue weighted by Crippen LogP contribution is -2.67. The second-order valence-corrected chi connectivity index (χ2v) is 23.5. The van der Waals surface area contributed by atoms with Crippen molar-refractivity contribution in [2.75, 3.05) is 20.3 Å². The van der Waals surface area contributed by atoms with Gasteiger partial charge < -0.3 is 51.8 Å². The molecule has 2 fully saturated rings. The summed E-state index contributed by atoms with van der Waals surface area (Å²) in [6.45, 7) is 8.88. The Balaban J connectivity index is 1.21. The van der Waals surface area contributed by atoms with E-state index in [9.17, 15) is 0 Å². The zero-order chi connectivity index (χ0) is 50.5. The Morgan fingerprint density at radius 3 is 1.01 bits per heavy atom. The number of benzene rings is 6. The molecule has 0 N–H and O–H groups in total. The maximum atomic E-state index is 7.58. The summed E-state index contributed by atoms with van der Waals surface area (Å²) in [6.07, 6.45) is -7.72. The van der Waals surface area contributed by atoms with E-state index in [0.29, 0.717) is 19.8 Å². The van der Waals surface area contributed by atoms with Crippen LogP contribution in [0.25, 0.3) is 0 Å². The van der Waals surface area contributed by atoms with Crippen LogP contribution in [0.5, 0.6) is 0 Å². The van der Waals surface area contributed by atoms with Crippen molar-refractivity contribution in [3.8, 4) is 0 Å². The molecule has 2 saturated heterocycles. The third-order valence-electron chi connectivity index (χ3n) is 14.0. The van der Waals surface area contributed by atoms with E-state index >= 15 is 0 Å². The Labute approximate surface area is 434 Å². The van der Waals surface area contributed by atoms with Crippen molar-refractivity contribution in [1.82, 2.24) is 0 Å². The Kier molecular flexibility index (Phi) is 21.4. The Morgan fingerprint density at radius 2 is 0.658 bits per heavy atom. The molecular weight excluding hydrogens is 937 g/mol. The van der Waals surface area contributed by atoms with Crippen LogP contribution in [0.1, 0.15) is 54.2 Å². The highest BCUT2D eigenvalue weighted by atomic mass is 28.4. The van der Waals surface area contributed by atoms with Crippen LogP contribution in [0.4, 0.5) is 0 Å². The molecule has 1 unspecified atom stereocenters. The average molecular weight is 1010 g/mol. The van der Waals surface area contributed by atoms with Gasteiger partial charge in [0.15, 0.2) is 20.9 Å². The van der Waals surface area contributed by atoms with Crippen molar-refractivity contribution in [1.29, 1.82) is 0 Å². The first kappa shape index (κ1) is 54.4. The normalized spacial score (nSPS) is 24.3. The van der Waals surface area contributed by atoms with Crippen LogP contribution < -0.4 is 0 Å². The third-order valence-corrected chi connectivity index (χ3v) is 18.6. The molecule has 73 heavy (non-hydrogen) atoms. The van der Waals surface area contributed by atoms with E-state index in [1.54, 1.807) is 7.11 Å². The number of hydrogen-bond donors (Lipinski definition) is 0. The summed E-state index contributed by atoms with van der Waals surface area (Å²) in [6, 6.07) is 63.5. The molecule has 0 bridgehead atoms. The van der Waals surface area contributed by atoms with Gasteiger partial charge in [0, 0.05) is 7.11 Å². The van der Waals surface area contributed by atoms with Crippen LogP contribution >= 0.6 is 0 Å². The quantitative estimate of drug-likeness (QED) is 0.0439. The Hall–Kier alpha value is -4.90. The van der Waals surface area contributed by atoms with Gasteiger partial charge in [-0.05, 0) is 51.5 Å². The number of hydrogen-bond acceptors (Lipinski definition) is 11. The second kappa shape index (κ2) is 28.7.